The maximum absolute atomic E-state index is 13.4. The number of hydrogen-bond donors (Lipinski definition) is 9. The lowest BCUT2D eigenvalue weighted by Crippen LogP contribution is -2.57. The van der Waals surface area contributed by atoms with Crippen LogP contribution in [-0.4, -0.2) is 81.7 Å². The summed E-state index contributed by atoms with van der Waals surface area (Å²) in [5.41, 5.74) is 17.2. The Hall–Kier alpha value is -4.40. The molecular formula is C26H41N7O8. The Labute approximate surface area is 237 Å². The van der Waals surface area contributed by atoms with Crippen LogP contribution in [0.15, 0.2) is 29.3 Å². The molecule has 0 fully saturated rings. The van der Waals surface area contributed by atoms with Gasteiger partial charge in [0.25, 0.3) is 0 Å². The lowest BCUT2D eigenvalue weighted by atomic mass is 10.0. The van der Waals surface area contributed by atoms with Gasteiger partial charge in [0, 0.05) is 19.4 Å². The van der Waals surface area contributed by atoms with Gasteiger partial charge in [-0.25, -0.2) is 4.79 Å². The van der Waals surface area contributed by atoms with E-state index in [4.69, 9.17) is 22.3 Å². The number of phenolic OH excluding ortho intramolecular Hbond substituents is 1. The third-order valence-electron chi connectivity index (χ3n) is 5.91. The number of benzene rings is 1. The molecule has 1 aromatic carbocycles. The molecule has 0 saturated heterocycles. The molecule has 228 valence electrons. The lowest BCUT2D eigenvalue weighted by molar-refractivity contribution is -0.143. The largest absolute Gasteiger partial charge is 0.508 e. The highest BCUT2D eigenvalue weighted by Crippen LogP contribution is 2.13. The normalized spacial score (nSPS) is 13.8. The Bertz CT molecular complexity index is 1070. The van der Waals surface area contributed by atoms with Gasteiger partial charge in [-0.3, -0.25) is 24.2 Å². The van der Waals surface area contributed by atoms with Crippen molar-refractivity contribution < 1.29 is 39.3 Å². The zero-order valence-corrected chi connectivity index (χ0v) is 23.2. The van der Waals surface area contributed by atoms with Gasteiger partial charge in [0.15, 0.2) is 5.96 Å². The number of carboxylic acid groups (broad SMARTS) is 2. The molecule has 15 nitrogen and oxygen atoms in total. The third-order valence-corrected chi connectivity index (χ3v) is 5.91. The highest BCUT2D eigenvalue weighted by Gasteiger charge is 2.30. The minimum atomic E-state index is -1.52. The summed E-state index contributed by atoms with van der Waals surface area (Å²) >= 11 is 0. The van der Waals surface area contributed by atoms with Crippen LogP contribution in [0.3, 0.4) is 0 Å². The van der Waals surface area contributed by atoms with Crippen molar-refractivity contribution in [3.05, 3.63) is 29.8 Å². The second-order valence-corrected chi connectivity index (χ2v) is 10.0. The van der Waals surface area contributed by atoms with Gasteiger partial charge in [0.1, 0.15) is 23.9 Å². The van der Waals surface area contributed by atoms with Crippen LogP contribution in [0.4, 0.5) is 0 Å². The zero-order chi connectivity index (χ0) is 31.1. The molecule has 41 heavy (non-hydrogen) atoms. The van der Waals surface area contributed by atoms with Crippen LogP contribution in [0, 0.1) is 5.92 Å². The highest BCUT2D eigenvalue weighted by atomic mass is 16.4. The number of amides is 3. The monoisotopic (exact) mass is 579 g/mol. The third kappa shape index (κ3) is 14.0. The topological polar surface area (TPSA) is 273 Å². The van der Waals surface area contributed by atoms with E-state index in [2.05, 4.69) is 20.9 Å². The molecule has 0 aliphatic carbocycles. The van der Waals surface area contributed by atoms with E-state index < -0.39 is 60.2 Å². The maximum Gasteiger partial charge on any atom is 0.326 e. The summed E-state index contributed by atoms with van der Waals surface area (Å²) < 4.78 is 0. The van der Waals surface area contributed by atoms with E-state index in [9.17, 15) is 34.2 Å². The fourth-order valence-corrected chi connectivity index (χ4v) is 3.81. The summed E-state index contributed by atoms with van der Waals surface area (Å²) in [6.45, 7) is 3.89. The van der Waals surface area contributed by atoms with Crippen molar-refractivity contribution in [2.75, 3.05) is 6.54 Å². The van der Waals surface area contributed by atoms with Crippen LogP contribution in [0.5, 0.6) is 5.75 Å². The van der Waals surface area contributed by atoms with E-state index >= 15 is 0 Å². The van der Waals surface area contributed by atoms with Gasteiger partial charge in [-0.05, 0) is 49.3 Å². The first-order chi connectivity index (χ1) is 19.2. The van der Waals surface area contributed by atoms with Crippen LogP contribution in [-0.2, 0) is 30.4 Å². The van der Waals surface area contributed by atoms with Crippen LogP contribution in [0.2, 0.25) is 0 Å². The minimum Gasteiger partial charge on any atom is -0.508 e. The Kier molecular flexibility index (Phi) is 14.6. The van der Waals surface area contributed by atoms with Gasteiger partial charge >= 0.3 is 11.9 Å². The molecular weight excluding hydrogens is 538 g/mol. The Morgan fingerprint density at radius 3 is 1.95 bits per heavy atom. The molecule has 0 radical (unpaired) electrons. The number of aromatic hydroxyl groups is 1. The van der Waals surface area contributed by atoms with Crippen molar-refractivity contribution in [1.29, 1.82) is 0 Å². The highest BCUT2D eigenvalue weighted by molar-refractivity contribution is 5.94. The van der Waals surface area contributed by atoms with Gasteiger partial charge in [-0.1, -0.05) is 26.0 Å². The summed E-state index contributed by atoms with van der Waals surface area (Å²) in [6, 6.07) is 1.10. The van der Waals surface area contributed by atoms with Crippen molar-refractivity contribution in [3.8, 4) is 5.75 Å². The molecule has 0 aliphatic rings. The van der Waals surface area contributed by atoms with Gasteiger partial charge in [-0.15, -0.1) is 0 Å². The number of nitrogens with one attached hydrogen (secondary N) is 3. The number of aliphatic carboxylic acids is 2. The molecule has 0 aliphatic heterocycles. The summed E-state index contributed by atoms with van der Waals surface area (Å²) in [4.78, 5) is 65.6. The van der Waals surface area contributed by atoms with Crippen LogP contribution in [0.1, 0.15) is 51.5 Å². The lowest BCUT2D eigenvalue weighted by Gasteiger charge is -2.25. The Morgan fingerprint density at radius 1 is 0.854 bits per heavy atom. The van der Waals surface area contributed by atoms with Crippen LogP contribution >= 0.6 is 0 Å². The van der Waals surface area contributed by atoms with Crippen LogP contribution in [0.25, 0.3) is 0 Å². The fraction of sp³-hybridized carbons (Fsp3) is 0.538. The number of rotatable bonds is 18. The quantitative estimate of drug-likeness (QED) is 0.0564. The van der Waals surface area contributed by atoms with E-state index in [0.717, 1.165) is 0 Å². The van der Waals surface area contributed by atoms with E-state index in [-0.39, 0.29) is 49.9 Å². The first-order valence-electron chi connectivity index (χ1n) is 13.1. The van der Waals surface area contributed by atoms with E-state index in [1.807, 2.05) is 13.8 Å². The summed E-state index contributed by atoms with van der Waals surface area (Å²) in [5, 5.41) is 35.4. The standard InChI is InChI=1S/C26H41N7O8/c1-14(2)12-17(27)22(37)33-20(13-15-5-7-16(34)8-6-15)24(39)31-18(4-3-11-30-26(28)29)23(38)32-19(25(40)41)9-10-21(35)36/h5-8,14,17-20,34H,3-4,9-13,27H2,1-2H3,(H,31,39)(H,32,38)(H,33,37)(H,35,36)(H,40,41)(H4,28,29,30). The SMILES string of the molecule is CC(C)CC(N)C(=O)NC(Cc1ccc(O)cc1)C(=O)NC(CCCN=C(N)N)C(=O)NC(CCC(=O)O)C(=O)O. The van der Waals surface area contributed by atoms with E-state index in [1.165, 1.54) is 12.1 Å². The Morgan fingerprint density at radius 2 is 1.41 bits per heavy atom. The average Bonchev–Trinajstić information content (AvgIpc) is 2.87. The Balaban J connectivity index is 3.19. The van der Waals surface area contributed by atoms with Crippen molar-refractivity contribution in [1.82, 2.24) is 16.0 Å². The summed E-state index contributed by atoms with van der Waals surface area (Å²) in [6.07, 6.45) is -0.314. The number of guanidine groups is 1. The predicted molar refractivity (Wildman–Crippen MR) is 149 cm³/mol. The summed E-state index contributed by atoms with van der Waals surface area (Å²) in [7, 11) is 0. The minimum absolute atomic E-state index is 0.00568. The van der Waals surface area contributed by atoms with Crippen LogP contribution < -0.4 is 33.2 Å². The van der Waals surface area contributed by atoms with Gasteiger partial charge in [-0.2, -0.15) is 0 Å². The van der Waals surface area contributed by atoms with Crippen molar-refractivity contribution in [2.24, 2.45) is 28.1 Å². The molecule has 12 N–H and O–H groups in total. The van der Waals surface area contributed by atoms with Crippen molar-refractivity contribution >= 4 is 35.6 Å². The number of aliphatic imine (C=N–C) groups is 1. The molecule has 0 bridgehead atoms. The molecule has 0 aromatic heterocycles. The molecule has 0 saturated carbocycles. The average molecular weight is 580 g/mol. The number of carbonyl (C=O) groups is 5. The smallest absolute Gasteiger partial charge is 0.326 e. The van der Waals surface area contributed by atoms with E-state index in [0.29, 0.717) is 12.0 Å². The van der Waals surface area contributed by atoms with E-state index in [1.54, 1.807) is 12.1 Å². The van der Waals surface area contributed by atoms with Gasteiger partial charge in [0.05, 0.1) is 6.04 Å². The molecule has 15 heteroatoms. The first kappa shape index (κ1) is 34.6. The van der Waals surface area contributed by atoms with Crippen molar-refractivity contribution in [3.63, 3.8) is 0 Å². The van der Waals surface area contributed by atoms with Gasteiger partial charge in [0.2, 0.25) is 17.7 Å². The first-order valence-corrected chi connectivity index (χ1v) is 13.1. The predicted octanol–water partition coefficient (Wildman–Crippen LogP) is -1.23. The number of carbonyl (C=O) groups excluding carboxylic acids is 3. The number of nitrogens with zero attached hydrogens (tertiary/aromatic N) is 1. The molecule has 1 rings (SSSR count). The molecule has 4 unspecified atom stereocenters. The number of hydrogen-bond acceptors (Lipinski definition) is 8. The zero-order valence-electron chi connectivity index (χ0n) is 23.2. The molecule has 1 aromatic rings. The number of phenols is 1. The molecule has 0 spiro atoms. The molecule has 3 amide bonds. The van der Waals surface area contributed by atoms with Gasteiger partial charge < -0.3 is 48.5 Å². The second kappa shape index (κ2) is 17.3. The maximum atomic E-state index is 13.4. The summed E-state index contributed by atoms with van der Waals surface area (Å²) in [5.74, 6) is -4.93. The number of nitrogens with two attached hydrogens (primary N) is 3. The van der Waals surface area contributed by atoms with Crippen molar-refractivity contribution in [2.45, 2.75) is 76.5 Å². The molecule has 0 heterocycles. The molecule has 4 atom stereocenters. The second-order valence-electron chi connectivity index (χ2n) is 10.0. The number of carboxylic acids is 2. The fourth-order valence-electron chi connectivity index (χ4n) is 3.81.